The normalized spacial score (nSPS) is 11.1. The summed E-state index contributed by atoms with van der Waals surface area (Å²) >= 11 is 0. The highest BCUT2D eigenvalue weighted by Gasteiger charge is 2.08. The lowest BCUT2D eigenvalue weighted by Crippen LogP contribution is -2.17. The predicted octanol–water partition coefficient (Wildman–Crippen LogP) is 3.40. The van der Waals surface area contributed by atoms with Gasteiger partial charge in [-0.15, -0.1) is 0 Å². The highest BCUT2D eigenvalue weighted by Crippen LogP contribution is 2.23. The van der Waals surface area contributed by atoms with Crippen LogP contribution in [0.2, 0.25) is 0 Å². The summed E-state index contributed by atoms with van der Waals surface area (Å²) in [4.78, 5) is 14.1. The molecule has 1 heterocycles. The van der Waals surface area contributed by atoms with E-state index in [1.165, 1.54) is 0 Å². The molecule has 0 aliphatic heterocycles. The van der Waals surface area contributed by atoms with Crippen LogP contribution >= 0.6 is 0 Å². The maximum atomic E-state index is 12.2. The Morgan fingerprint density at radius 1 is 1.11 bits per heavy atom. The average Bonchev–Trinajstić information content (AvgIpc) is 2.44. The van der Waals surface area contributed by atoms with Crippen LogP contribution in [0.1, 0.15) is 6.92 Å². The lowest BCUT2D eigenvalue weighted by atomic mass is 10.1. The van der Waals surface area contributed by atoms with E-state index < -0.39 is 0 Å². The van der Waals surface area contributed by atoms with Gasteiger partial charge in [0.25, 0.3) is 0 Å². The zero-order valence-corrected chi connectivity index (χ0v) is 11.0. The van der Waals surface area contributed by atoms with Crippen molar-refractivity contribution >= 4 is 27.6 Å². The summed E-state index contributed by atoms with van der Waals surface area (Å²) in [5, 5.41) is 2.76. The van der Waals surface area contributed by atoms with Gasteiger partial charge >= 0.3 is 0 Å². The molecule has 0 saturated carbocycles. The first-order valence-corrected chi connectivity index (χ1v) is 6.37. The monoisotopic (exact) mass is 253 g/mol. The van der Waals surface area contributed by atoms with Gasteiger partial charge in [0, 0.05) is 19.7 Å². The zero-order chi connectivity index (χ0) is 13.4. The van der Waals surface area contributed by atoms with E-state index in [9.17, 15) is 4.79 Å². The van der Waals surface area contributed by atoms with E-state index >= 15 is 0 Å². The Kier molecular flexibility index (Phi) is 2.75. The minimum absolute atomic E-state index is 0.00213. The molecule has 0 N–H and O–H groups in total. The predicted molar refractivity (Wildman–Crippen MR) is 78.9 cm³/mol. The Balaban J connectivity index is 2.35. The van der Waals surface area contributed by atoms with Gasteiger partial charge in [-0.25, -0.2) is 0 Å². The Hall–Kier alpha value is -2.29. The van der Waals surface area contributed by atoms with Gasteiger partial charge in [0.1, 0.15) is 5.58 Å². The number of anilines is 1. The standard InChI is InChI=1S/C16H15NO2/c1-3-17(2)16-10-14(18)13-8-11-6-4-5-7-12(11)9-15(13)19-16/h4-10H,3H2,1-2H3. The van der Waals surface area contributed by atoms with Gasteiger partial charge in [-0.3, -0.25) is 4.79 Å². The van der Waals surface area contributed by atoms with Crippen molar-refractivity contribution in [2.24, 2.45) is 0 Å². The molecule has 19 heavy (non-hydrogen) atoms. The Labute approximate surface area is 111 Å². The first kappa shape index (κ1) is 11.8. The van der Waals surface area contributed by atoms with Crippen molar-refractivity contribution < 1.29 is 4.42 Å². The minimum Gasteiger partial charge on any atom is -0.440 e. The van der Waals surface area contributed by atoms with Crippen molar-refractivity contribution in [3.63, 3.8) is 0 Å². The number of benzene rings is 2. The van der Waals surface area contributed by atoms with Gasteiger partial charge < -0.3 is 9.32 Å². The summed E-state index contributed by atoms with van der Waals surface area (Å²) in [6.45, 7) is 2.81. The van der Waals surface area contributed by atoms with Crippen LogP contribution in [0.3, 0.4) is 0 Å². The molecule has 0 fully saturated rings. The van der Waals surface area contributed by atoms with E-state index in [-0.39, 0.29) is 5.43 Å². The summed E-state index contributed by atoms with van der Waals surface area (Å²) in [6.07, 6.45) is 0. The molecule has 0 spiro atoms. The van der Waals surface area contributed by atoms with Crippen LogP contribution in [0, 0.1) is 0 Å². The number of hydrogen-bond acceptors (Lipinski definition) is 3. The third-order valence-electron chi connectivity index (χ3n) is 3.43. The molecule has 0 radical (unpaired) electrons. The topological polar surface area (TPSA) is 33.5 Å². The van der Waals surface area contributed by atoms with E-state index in [1.807, 2.05) is 55.3 Å². The third kappa shape index (κ3) is 1.97. The van der Waals surface area contributed by atoms with Crippen molar-refractivity contribution in [2.45, 2.75) is 6.92 Å². The lowest BCUT2D eigenvalue weighted by molar-refractivity contribution is 0.589. The van der Waals surface area contributed by atoms with Gasteiger partial charge in [0.2, 0.25) is 0 Å². The summed E-state index contributed by atoms with van der Waals surface area (Å²) in [5.41, 5.74) is 0.642. The van der Waals surface area contributed by atoms with Crippen molar-refractivity contribution in [2.75, 3.05) is 18.5 Å². The quantitative estimate of drug-likeness (QED) is 0.656. The van der Waals surface area contributed by atoms with Crippen molar-refractivity contribution in [1.29, 1.82) is 0 Å². The van der Waals surface area contributed by atoms with Gasteiger partial charge in [-0.1, -0.05) is 24.3 Å². The lowest BCUT2D eigenvalue weighted by Gasteiger charge is -2.15. The molecule has 0 aliphatic carbocycles. The van der Waals surface area contributed by atoms with Gasteiger partial charge in [0.05, 0.1) is 5.39 Å². The molecule has 0 aliphatic rings. The molecule has 0 atom stereocenters. The van der Waals surface area contributed by atoms with Crippen LogP contribution in [-0.2, 0) is 0 Å². The van der Waals surface area contributed by atoms with E-state index in [1.54, 1.807) is 6.07 Å². The second-order valence-corrected chi connectivity index (χ2v) is 4.66. The fourth-order valence-electron chi connectivity index (χ4n) is 2.17. The molecule has 0 amide bonds. The second kappa shape index (κ2) is 4.43. The van der Waals surface area contributed by atoms with Gasteiger partial charge in [0.15, 0.2) is 11.3 Å². The summed E-state index contributed by atoms with van der Waals surface area (Å²) in [7, 11) is 1.91. The molecule has 1 aromatic heterocycles. The van der Waals surface area contributed by atoms with Crippen molar-refractivity contribution in [3.05, 3.63) is 52.7 Å². The largest absolute Gasteiger partial charge is 0.440 e. The van der Waals surface area contributed by atoms with Crippen LogP contribution in [0.4, 0.5) is 5.88 Å². The maximum Gasteiger partial charge on any atom is 0.199 e. The van der Waals surface area contributed by atoms with Gasteiger partial charge in [-0.2, -0.15) is 0 Å². The number of rotatable bonds is 2. The molecule has 0 bridgehead atoms. The molecule has 3 rings (SSSR count). The minimum atomic E-state index is 0.00213. The SMILES string of the molecule is CCN(C)c1cc(=O)c2cc3ccccc3cc2o1. The van der Waals surface area contributed by atoms with E-state index in [0.717, 1.165) is 17.3 Å². The molecular formula is C16H15NO2. The Morgan fingerprint density at radius 3 is 2.47 bits per heavy atom. The summed E-state index contributed by atoms with van der Waals surface area (Å²) in [5.74, 6) is 0.607. The molecule has 3 nitrogen and oxygen atoms in total. The van der Waals surface area contributed by atoms with Crippen molar-refractivity contribution in [3.8, 4) is 0 Å². The van der Waals surface area contributed by atoms with E-state index in [0.29, 0.717) is 16.9 Å². The highest BCUT2D eigenvalue weighted by molar-refractivity contribution is 5.95. The summed E-state index contributed by atoms with van der Waals surface area (Å²) in [6, 6.07) is 13.3. The smallest absolute Gasteiger partial charge is 0.199 e. The Bertz CT molecular complexity index is 805. The molecule has 0 unspecified atom stereocenters. The van der Waals surface area contributed by atoms with Gasteiger partial charge in [-0.05, 0) is 29.8 Å². The molecule has 3 heteroatoms. The fourth-order valence-corrected chi connectivity index (χ4v) is 2.17. The number of hydrogen-bond donors (Lipinski definition) is 0. The highest BCUT2D eigenvalue weighted by atomic mass is 16.4. The maximum absolute atomic E-state index is 12.2. The zero-order valence-electron chi connectivity index (χ0n) is 11.0. The van der Waals surface area contributed by atoms with Crippen molar-refractivity contribution in [1.82, 2.24) is 0 Å². The first-order valence-electron chi connectivity index (χ1n) is 6.37. The van der Waals surface area contributed by atoms with E-state index in [4.69, 9.17) is 4.42 Å². The van der Waals surface area contributed by atoms with Crippen LogP contribution in [0.15, 0.2) is 51.7 Å². The molecule has 3 aromatic rings. The van der Waals surface area contributed by atoms with Crippen LogP contribution in [0.25, 0.3) is 21.7 Å². The number of fused-ring (bicyclic) bond motifs is 2. The average molecular weight is 253 g/mol. The molecule has 2 aromatic carbocycles. The molecular weight excluding hydrogens is 238 g/mol. The second-order valence-electron chi connectivity index (χ2n) is 4.66. The number of nitrogens with zero attached hydrogens (tertiary/aromatic N) is 1. The van der Waals surface area contributed by atoms with Crippen LogP contribution in [0.5, 0.6) is 0 Å². The summed E-state index contributed by atoms with van der Waals surface area (Å²) < 4.78 is 5.83. The molecule has 0 saturated heterocycles. The fraction of sp³-hybridized carbons (Fsp3) is 0.188. The van der Waals surface area contributed by atoms with Crippen LogP contribution < -0.4 is 10.3 Å². The van der Waals surface area contributed by atoms with Crippen LogP contribution in [-0.4, -0.2) is 13.6 Å². The van der Waals surface area contributed by atoms with E-state index in [2.05, 4.69) is 0 Å². The Morgan fingerprint density at radius 2 is 1.79 bits per heavy atom. The third-order valence-corrected chi connectivity index (χ3v) is 3.43. The molecule has 96 valence electrons. The first-order chi connectivity index (χ1) is 9.19.